The molecule has 0 radical (unpaired) electrons. The Morgan fingerprint density at radius 2 is 2.28 bits per heavy atom. The Hall–Kier alpha value is -2.30. The van der Waals surface area contributed by atoms with Crippen LogP contribution in [-0.2, 0) is 13.0 Å². The van der Waals surface area contributed by atoms with E-state index in [0.717, 1.165) is 29.6 Å². The summed E-state index contributed by atoms with van der Waals surface area (Å²) in [4.78, 5) is 4.65. The van der Waals surface area contributed by atoms with Gasteiger partial charge in [0.05, 0.1) is 17.2 Å². The molecule has 4 rings (SSSR count). The van der Waals surface area contributed by atoms with Crippen LogP contribution in [0.15, 0.2) is 24.4 Å². The van der Waals surface area contributed by atoms with Crippen LogP contribution in [0.4, 0.5) is 5.82 Å². The highest BCUT2D eigenvalue weighted by Crippen LogP contribution is 2.29. The third-order valence-corrected chi connectivity index (χ3v) is 3.59. The van der Waals surface area contributed by atoms with Crippen molar-refractivity contribution in [2.45, 2.75) is 19.4 Å². The topological polar surface area (TPSA) is 72.5 Å². The van der Waals surface area contributed by atoms with Crippen LogP contribution in [0.2, 0.25) is 0 Å². The average Bonchev–Trinajstić information content (AvgIpc) is 3.03. The molecule has 18 heavy (non-hydrogen) atoms. The number of benzene rings is 1. The number of nitrogens with zero attached hydrogens (tertiary/aromatic N) is 3. The molecule has 5 heteroatoms. The van der Waals surface area contributed by atoms with E-state index in [2.05, 4.69) is 31.9 Å². The second-order valence-corrected chi connectivity index (χ2v) is 4.68. The summed E-state index contributed by atoms with van der Waals surface area (Å²) in [6.07, 6.45) is 4.03. The van der Waals surface area contributed by atoms with Crippen molar-refractivity contribution >= 4 is 16.9 Å². The number of nitrogens with two attached hydrogens (primary N) is 1. The molecular weight excluding hydrogens is 226 g/mol. The standard InChI is InChI=1S/C13H13N5/c14-13-9(7-15-17-13)8-3-4-10-11(6-8)18-5-1-2-12(18)16-10/h3-4,6-7H,1-2,5H2,(H3,14,15,17). The van der Waals surface area contributed by atoms with Gasteiger partial charge in [0.2, 0.25) is 0 Å². The summed E-state index contributed by atoms with van der Waals surface area (Å²) in [5.41, 5.74) is 10.2. The maximum Gasteiger partial charge on any atom is 0.126 e. The van der Waals surface area contributed by atoms with E-state index < -0.39 is 0 Å². The molecule has 0 saturated carbocycles. The lowest BCUT2D eigenvalue weighted by Crippen LogP contribution is -1.92. The van der Waals surface area contributed by atoms with Crippen LogP contribution in [0.5, 0.6) is 0 Å². The first kappa shape index (κ1) is 9.70. The summed E-state index contributed by atoms with van der Waals surface area (Å²) >= 11 is 0. The number of hydrogen-bond acceptors (Lipinski definition) is 3. The molecule has 0 saturated heterocycles. The van der Waals surface area contributed by atoms with Crippen molar-refractivity contribution in [3.05, 3.63) is 30.2 Å². The summed E-state index contributed by atoms with van der Waals surface area (Å²) in [7, 11) is 0. The Morgan fingerprint density at radius 3 is 3.11 bits per heavy atom. The predicted octanol–water partition coefficient (Wildman–Crippen LogP) is 1.95. The second kappa shape index (κ2) is 3.35. The first-order valence-electron chi connectivity index (χ1n) is 6.11. The molecule has 3 N–H and O–H groups in total. The third kappa shape index (κ3) is 1.21. The Morgan fingerprint density at radius 1 is 1.33 bits per heavy atom. The van der Waals surface area contributed by atoms with Crippen LogP contribution in [-0.4, -0.2) is 19.7 Å². The van der Waals surface area contributed by atoms with Crippen molar-refractivity contribution in [1.29, 1.82) is 0 Å². The van der Waals surface area contributed by atoms with E-state index in [-0.39, 0.29) is 0 Å². The number of H-pyrrole nitrogens is 1. The first-order valence-corrected chi connectivity index (χ1v) is 6.11. The van der Waals surface area contributed by atoms with Crippen molar-refractivity contribution in [1.82, 2.24) is 19.7 Å². The molecular formula is C13H13N5. The number of nitrogen functional groups attached to an aromatic ring is 1. The van der Waals surface area contributed by atoms with Gasteiger partial charge in [0.25, 0.3) is 0 Å². The Bertz CT molecular complexity index is 737. The highest BCUT2D eigenvalue weighted by atomic mass is 15.1. The molecule has 0 aliphatic carbocycles. The minimum absolute atomic E-state index is 0.607. The molecule has 0 unspecified atom stereocenters. The molecule has 3 heterocycles. The highest BCUT2D eigenvalue weighted by molar-refractivity contribution is 5.85. The zero-order chi connectivity index (χ0) is 12.1. The van der Waals surface area contributed by atoms with Crippen molar-refractivity contribution < 1.29 is 0 Å². The number of aryl methyl sites for hydroxylation is 2. The van der Waals surface area contributed by atoms with Gasteiger partial charge in [0.1, 0.15) is 11.6 Å². The molecule has 0 fully saturated rings. The minimum Gasteiger partial charge on any atom is -0.384 e. The average molecular weight is 239 g/mol. The van der Waals surface area contributed by atoms with Gasteiger partial charge in [0.15, 0.2) is 0 Å². The van der Waals surface area contributed by atoms with Gasteiger partial charge in [-0.25, -0.2) is 4.98 Å². The molecule has 1 aliphatic rings. The van der Waals surface area contributed by atoms with E-state index in [1.165, 1.54) is 17.8 Å². The van der Waals surface area contributed by atoms with Crippen molar-refractivity contribution in [3.8, 4) is 11.1 Å². The lowest BCUT2D eigenvalue weighted by Gasteiger charge is -2.02. The maximum absolute atomic E-state index is 5.86. The molecule has 0 amide bonds. The Balaban J connectivity index is 1.96. The highest BCUT2D eigenvalue weighted by Gasteiger charge is 2.16. The zero-order valence-electron chi connectivity index (χ0n) is 9.85. The SMILES string of the molecule is Nc1[nH]ncc1-c1ccc2nc3n(c2c1)CCC3. The predicted molar refractivity (Wildman–Crippen MR) is 70.0 cm³/mol. The van der Waals surface area contributed by atoms with Crippen LogP contribution in [0.25, 0.3) is 22.2 Å². The molecule has 1 aromatic carbocycles. The molecule has 3 aromatic rings. The van der Waals surface area contributed by atoms with Crippen LogP contribution < -0.4 is 5.73 Å². The van der Waals surface area contributed by atoms with Gasteiger partial charge < -0.3 is 10.3 Å². The molecule has 2 aromatic heterocycles. The summed E-state index contributed by atoms with van der Waals surface area (Å²) in [5, 5.41) is 6.73. The van der Waals surface area contributed by atoms with Crippen LogP contribution >= 0.6 is 0 Å². The summed E-state index contributed by atoms with van der Waals surface area (Å²) in [5.74, 6) is 1.80. The minimum atomic E-state index is 0.607. The van der Waals surface area contributed by atoms with Gasteiger partial charge in [-0.05, 0) is 24.1 Å². The lowest BCUT2D eigenvalue weighted by molar-refractivity contribution is 0.771. The van der Waals surface area contributed by atoms with E-state index in [9.17, 15) is 0 Å². The number of rotatable bonds is 1. The van der Waals surface area contributed by atoms with Gasteiger partial charge in [-0.15, -0.1) is 0 Å². The van der Waals surface area contributed by atoms with Gasteiger partial charge in [-0.1, -0.05) is 6.07 Å². The van der Waals surface area contributed by atoms with E-state index in [1.54, 1.807) is 6.20 Å². The fraction of sp³-hybridized carbons (Fsp3) is 0.231. The zero-order valence-corrected chi connectivity index (χ0v) is 9.85. The number of anilines is 1. The molecule has 90 valence electrons. The summed E-state index contributed by atoms with van der Waals surface area (Å²) in [6.45, 7) is 1.07. The largest absolute Gasteiger partial charge is 0.384 e. The van der Waals surface area contributed by atoms with Crippen LogP contribution in [0.1, 0.15) is 12.2 Å². The quantitative estimate of drug-likeness (QED) is 0.681. The smallest absolute Gasteiger partial charge is 0.126 e. The molecule has 5 nitrogen and oxygen atoms in total. The lowest BCUT2D eigenvalue weighted by atomic mass is 10.1. The summed E-state index contributed by atoms with van der Waals surface area (Å²) in [6, 6.07) is 6.26. The van der Waals surface area contributed by atoms with E-state index in [4.69, 9.17) is 5.73 Å². The van der Waals surface area contributed by atoms with E-state index >= 15 is 0 Å². The van der Waals surface area contributed by atoms with Gasteiger partial charge in [0, 0.05) is 18.5 Å². The molecule has 1 aliphatic heterocycles. The number of fused-ring (bicyclic) bond motifs is 3. The van der Waals surface area contributed by atoms with E-state index in [0.29, 0.717) is 5.82 Å². The monoisotopic (exact) mass is 239 g/mol. The van der Waals surface area contributed by atoms with Gasteiger partial charge in [-0.2, -0.15) is 5.10 Å². The number of aromatic nitrogens is 4. The summed E-state index contributed by atoms with van der Waals surface area (Å²) < 4.78 is 2.30. The first-order chi connectivity index (χ1) is 8.83. The maximum atomic E-state index is 5.86. The molecule has 0 atom stereocenters. The Labute approximate surface area is 104 Å². The van der Waals surface area contributed by atoms with Gasteiger partial charge in [-0.3, -0.25) is 5.10 Å². The molecule has 0 bridgehead atoms. The van der Waals surface area contributed by atoms with Gasteiger partial charge >= 0.3 is 0 Å². The fourth-order valence-electron chi connectivity index (χ4n) is 2.70. The van der Waals surface area contributed by atoms with Crippen LogP contribution in [0.3, 0.4) is 0 Å². The number of imidazole rings is 1. The number of nitrogens with one attached hydrogen (secondary N) is 1. The number of aromatic amines is 1. The van der Waals surface area contributed by atoms with Crippen LogP contribution in [0, 0.1) is 0 Å². The Kier molecular flexibility index (Phi) is 1.81. The number of hydrogen-bond donors (Lipinski definition) is 2. The fourth-order valence-corrected chi connectivity index (χ4v) is 2.70. The van der Waals surface area contributed by atoms with Crippen molar-refractivity contribution in [2.24, 2.45) is 0 Å². The third-order valence-electron chi connectivity index (χ3n) is 3.59. The normalized spacial score (nSPS) is 14.2. The van der Waals surface area contributed by atoms with Crippen molar-refractivity contribution in [2.75, 3.05) is 5.73 Å². The second-order valence-electron chi connectivity index (χ2n) is 4.68. The van der Waals surface area contributed by atoms with E-state index in [1.807, 2.05) is 6.07 Å². The van der Waals surface area contributed by atoms with Crippen molar-refractivity contribution in [3.63, 3.8) is 0 Å². The molecule has 0 spiro atoms.